The Kier molecular flexibility index (Phi) is 0.864. The molecule has 12 heavy (non-hydrogen) atoms. The van der Waals surface area contributed by atoms with E-state index in [1.54, 1.807) is 12.1 Å². The van der Waals surface area contributed by atoms with Crippen LogP contribution in [-0.2, 0) is 0 Å². The second kappa shape index (κ2) is 1.75. The molecule has 0 unspecified atom stereocenters. The number of nitrogens with zero attached hydrogens (tertiary/aromatic N) is 1. The first-order chi connectivity index (χ1) is 5.84. The van der Waals surface area contributed by atoms with Crippen molar-refractivity contribution in [1.82, 2.24) is 4.98 Å². The van der Waals surface area contributed by atoms with Gasteiger partial charge in [0.05, 0.1) is 0 Å². The maximum Gasteiger partial charge on any atom is 0.250 e. The first kappa shape index (κ1) is 5.94. The minimum absolute atomic E-state index is 0.236. The molecule has 0 atom stereocenters. The summed E-state index contributed by atoms with van der Waals surface area (Å²) in [6, 6.07) is 6.18. The molecule has 1 aromatic carbocycles. The highest BCUT2D eigenvalue weighted by Gasteiger charge is 2.31. The minimum Gasteiger partial charge on any atom is -0.434 e. The number of fused-ring (bicyclic) bond motifs is 1. The number of rotatable bonds is 1. The summed E-state index contributed by atoms with van der Waals surface area (Å²) >= 11 is 0. The zero-order valence-corrected chi connectivity index (χ0v) is 6.04. The molecule has 58 valence electrons. The van der Waals surface area contributed by atoms with Crippen molar-refractivity contribution < 1.29 is 8.81 Å². The van der Waals surface area contributed by atoms with Crippen molar-refractivity contribution in [2.45, 2.75) is 0 Å². The van der Waals surface area contributed by atoms with E-state index in [0.29, 0.717) is 0 Å². The second-order valence-electron chi connectivity index (χ2n) is 2.70. The minimum atomic E-state index is -0.236. The smallest absolute Gasteiger partial charge is 0.250 e. The van der Waals surface area contributed by atoms with Gasteiger partial charge in [-0.25, -0.2) is 9.37 Å². The molecule has 2 aliphatic rings. The largest absolute Gasteiger partial charge is 0.434 e. The monoisotopic (exact) mass is 161 g/mol. The Hall–Kier alpha value is -1.64. The number of hydrogen-bond acceptors (Lipinski definition) is 2. The van der Waals surface area contributed by atoms with Crippen LogP contribution < -0.4 is 0 Å². The number of benzene rings is 1. The van der Waals surface area contributed by atoms with E-state index in [1.165, 1.54) is 12.1 Å². The Labute approximate surface area is 67.7 Å². The third-order valence-corrected chi connectivity index (χ3v) is 1.89. The highest BCUT2D eigenvalue weighted by Crippen LogP contribution is 2.44. The molecule has 0 aliphatic carbocycles. The lowest BCUT2D eigenvalue weighted by Gasteiger charge is -2.00. The molecule has 0 bridgehead atoms. The number of halogens is 1. The summed E-state index contributed by atoms with van der Waals surface area (Å²) < 4.78 is 17.6. The van der Waals surface area contributed by atoms with Crippen molar-refractivity contribution in [1.29, 1.82) is 0 Å². The second-order valence-corrected chi connectivity index (χ2v) is 2.70. The number of aromatic nitrogens is 1. The summed E-state index contributed by atoms with van der Waals surface area (Å²) in [6.07, 6.45) is 0. The molecule has 1 aromatic rings. The van der Waals surface area contributed by atoms with E-state index in [1.807, 2.05) is 0 Å². The van der Waals surface area contributed by atoms with Crippen LogP contribution in [0.3, 0.4) is 0 Å². The molecule has 3 rings (SSSR count). The molecule has 2 aliphatic heterocycles. The van der Waals surface area contributed by atoms with Crippen LogP contribution >= 0.6 is 0 Å². The van der Waals surface area contributed by atoms with Crippen LogP contribution in [0.4, 0.5) is 4.39 Å². The lowest BCUT2D eigenvalue weighted by Crippen LogP contribution is -1.80. The van der Waals surface area contributed by atoms with Gasteiger partial charge in [0.1, 0.15) is 5.82 Å². The number of oxazole rings is 1. The maximum absolute atomic E-state index is 12.5. The van der Waals surface area contributed by atoms with Gasteiger partial charge < -0.3 is 4.42 Å². The highest BCUT2D eigenvalue weighted by molar-refractivity contribution is 5.83. The lowest BCUT2D eigenvalue weighted by atomic mass is 10.1. The normalized spacial score (nSPS) is 11.8. The summed E-state index contributed by atoms with van der Waals surface area (Å²) in [6.45, 7) is 0. The van der Waals surface area contributed by atoms with Gasteiger partial charge in [0.15, 0.2) is 11.5 Å². The van der Waals surface area contributed by atoms with Crippen LogP contribution in [0.5, 0.6) is 0 Å². The van der Waals surface area contributed by atoms with Crippen LogP contribution in [0.2, 0.25) is 0 Å². The molecular weight excluding hydrogens is 157 g/mol. The third-order valence-electron chi connectivity index (χ3n) is 1.89. The summed E-state index contributed by atoms with van der Waals surface area (Å²) in [5.74, 6) is 1.26. The lowest BCUT2D eigenvalue weighted by molar-refractivity contribution is 0.570. The summed E-state index contributed by atoms with van der Waals surface area (Å²) in [5, 5.41) is 0. The molecule has 0 saturated carbocycles. The van der Waals surface area contributed by atoms with Gasteiger partial charge in [-0.15, -0.1) is 0 Å². The fraction of sp³-hybridized carbons (Fsp3) is 0. The van der Waals surface area contributed by atoms with E-state index >= 15 is 0 Å². The van der Waals surface area contributed by atoms with Crippen LogP contribution in [0, 0.1) is 5.82 Å². The Balaban J connectivity index is 2.09. The van der Waals surface area contributed by atoms with E-state index in [0.717, 1.165) is 22.9 Å². The molecule has 2 heterocycles. The van der Waals surface area contributed by atoms with Gasteiger partial charge in [-0.3, -0.25) is 0 Å². The van der Waals surface area contributed by atoms with Crippen molar-refractivity contribution in [3.8, 4) is 22.9 Å². The van der Waals surface area contributed by atoms with Crippen LogP contribution in [0.1, 0.15) is 0 Å². The fourth-order valence-corrected chi connectivity index (χ4v) is 1.19. The number of hydrogen-bond donors (Lipinski definition) is 0. The van der Waals surface area contributed by atoms with E-state index in [4.69, 9.17) is 4.42 Å². The van der Waals surface area contributed by atoms with Gasteiger partial charge in [0.2, 0.25) is 0 Å². The van der Waals surface area contributed by atoms with Crippen molar-refractivity contribution in [2.24, 2.45) is 0 Å². The van der Waals surface area contributed by atoms with E-state index in [2.05, 4.69) is 4.98 Å². The molecule has 0 spiro atoms. The molecular formula is C9H4FNO. The van der Waals surface area contributed by atoms with E-state index in [-0.39, 0.29) is 5.82 Å². The average molecular weight is 161 g/mol. The van der Waals surface area contributed by atoms with Crippen molar-refractivity contribution in [2.75, 3.05) is 0 Å². The summed E-state index contributed by atoms with van der Waals surface area (Å²) in [5.41, 5.74) is 1.82. The van der Waals surface area contributed by atoms with E-state index < -0.39 is 0 Å². The molecule has 2 nitrogen and oxygen atoms in total. The molecule has 0 aromatic heterocycles. The molecule has 3 heteroatoms. The van der Waals surface area contributed by atoms with Crippen LogP contribution in [0.15, 0.2) is 28.7 Å². The zero-order chi connectivity index (χ0) is 8.13. The van der Waals surface area contributed by atoms with E-state index in [9.17, 15) is 4.39 Å². The summed E-state index contributed by atoms with van der Waals surface area (Å²) in [7, 11) is 0. The summed E-state index contributed by atoms with van der Waals surface area (Å²) in [4.78, 5) is 3.93. The first-order valence-corrected chi connectivity index (χ1v) is 3.62. The fourth-order valence-electron chi connectivity index (χ4n) is 1.19. The third kappa shape index (κ3) is 0.652. The Bertz CT molecular complexity index is 444. The molecule has 0 radical (unpaired) electrons. The molecule has 0 saturated heterocycles. The van der Waals surface area contributed by atoms with Gasteiger partial charge in [0.25, 0.3) is 5.89 Å². The van der Waals surface area contributed by atoms with Crippen molar-refractivity contribution >= 4 is 0 Å². The molecule has 0 fully saturated rings. The van der Waals surface area contributed by atoms with Crippen LogP contribution in [0.25, 0.3) is 22.9 Å². The predicted octanol–water partition coefficient (Wildman–Crippen LogP) is 2.46. The SMILES string of the molecule is Fc1ccc(-c2oc3nc2-3)cc1. The molecule has 0 N–H and O–H groups in total. The topological polar surface area (TPSA) is 26.0 Å². The standard InChI is InChI=1S/C9H4FNO/c10-6-3-1-5(2-4-6)8-7-9(11-7)12-8/h1-4H. The van der Waals surface area contributed by atoms with Crippen molar-refractivity contribution in [3.05, 3.63) is 30.1 Å². The highest BCUT2D eigenvalue weighted by atomic mass is 19.1. The van der Waals surface area contributed by atoms with Gasteiger partial charge in [-0.1, -0.05) is 0 Å². The Morgan fingerprint density at radius 1 is 1.17 bits per heavy atom. The van der Waals surface area contributed by atoms with Gasteiger partial charge >= 0.3 is 0 Å². The van der Waals surface area contributed by atoms with Gasteiger partial charge in [-0.05, 0) is 24.3 Å². The molecule has 0 amide bonds. The van der Waals surface area contributed by atoms with Crippen molar-refractivity contribution in [3.63, 3.8) is 0 Å². The predicted molar refractivity (Wildman–Crippen MR) is 40.9 cm³/mol. The first-order valence-electron chi connectivity index (χ1n) is 3.62. The van der Waals surface area contributed by atoms with Gasteiger partial charge in [-0.2, -0.15) is 0 Å². The Morgan fingerprint density at radius 3 is 2.42 bits per heavy atom. The Morgan fingerprint density at radius 2 is 1.92 bits per heavy atom. The average Bonchev–Trinajstić information content (AvgIpc) is 2.67. The maximum atomic E-state index is 12.5. The zero-order valence-electron chi connectivity index (χ0n) is 6.04. The van der Waals surface area contributed by atoms with Gasteiger partial charge in [0, 0.05) is 5.56 Å². The quantitative estimate of drug-likeness (QED) is 0.547. The van der Waals surface area contributed by atoms with Crippen LogP contribution in [-0.4, -0.2) is 4.98 Å².